The van der Waals surface area contributed by atoms with Gasteiger partial charge >= 0.3 is 6.18 Å². The van der Waals surface area contributed by atoms with Crippen molar-refractivity contribution in [3.05, 3.63) is 77.6 Å². The minimum atomic E-state index is -4.73. The smallest absolute Gasteiger partial charge is 0.396 e. The van der Waals surface area contributed by atoms with Gasteiger partial charge in [0.25, 0.3) is 0 Å². The van der Waals surface area contributed by atoms with Crippen LogP contribution in [-0.4, -0.2) is 39.1 Å². The first-order chi connectivity index (χ1) is 16.0. The van der Waals surface area contributed by atoms with Gasteiger partial charge < -0.3 is 21.3 Å². The molecule has 1 aromatic carbocycles. The maximum Gasteiger partial charge on any atom is 0.407 e. The number of aromatic nitrogens is 3. The standard InChI is InChI=1S/C21H20F5N7O/c1-20(28,21(24,25)26)11-31-18-14(23)10-30-19(32-18)15(27)8-17(16-6-7-34-33-16)29-9-12-4-2-3-5-13(12)22/h2-8,10H,9,11,27-28H2,1H3,(H,30,31,32)/t20-/m0/s1. The van der Waals surface area contributed by atoms with E-state index in [2.05, 4.69) is 25.4 Å². The zero-order valence-corrected chi connectivity index (χ0v) is 17.8. The Morgan fingerprint density at radius 1 is 1.18 bits per heavy atom. The van der Waals surface area contributed by atoms with Crippen molar-refractivity contribution in [2.45, 2.75) is 25.2 Å². The van der Waals surface area contributed by atoms with Crippen molar-refractivity contribution >= 4 is 17.2 Å². The number of alkyl halides is 3. The van der Waals surface area contributed by atoms with Gasteiger partial charge in [-0.15, -0.1) is 0 Å². The Balaban J connectivity index is 1.88. The van der Waals surface area contributed by atoms with Crippen LogP contribution in [0, 0.1) is 11.6 Å². The second kappa shape index (κ2) is 9.95. The SMILES string of the molecule is C[C@](N)(CNc1nc(C(N)=CC(=NCc2ccccc2F)c2ccon2)ncc1F)C(F)(F)F. The number of hydrogen-bond donors (Lipinski definition) is 3. The van der Waals surface area contributed by atoms with Crippen LogP contribution in [0.1, 0.15) is 24.0 Å². The fourth-order valence-corrected chi connectivity index (χ4v) is 2.55. The fourth-order valence-electron chi connectivity index (χ4n) is 2.55. The molecule has 1 atom stereocenters. The van der Waals surface area contributed by atoms with E-state index in [1.165, 1.54) is 24.5 Å². The number of rotatable bonds is 8. The van der Waals surface area contributed by atoms with Gasteiger partial charge in [0, 0.05) is 18.2 Å². The lowest BCUT2D eigenvalue weighted by Crippen LogP contribution is -2.55. The quantitative estimate of drug-likeness (QED) is 0.332. The van der Waals surface area contributed by atoms with E-state index in [1.54, 1.807) is 18.2 Å². The molecular formula is C21H20F5N7O. The molecule has 0 saturated heterocycles. The van der Waals surface area contributed by atoms with E-state index in [-0.39, 0.29) is 29.5 Å². The van der Waals surface area contributed by atoms with Crippen LogP contribution < -0.4 is 16.8 Å². The fraction of sp³-hybridized carbons (Fsp3) is 0.238. The van der Waals surface area contributed by atoms with Crippen molar-refractivity contribution in [1.82, 2.24) is 15.1 Å². The monoisotopic (exact) mass is 481 g/mol. The molecule has 3 aromatic rings. The summed E-state index contributed by atoms with van der Waals surface area (Å²) in [5.41, 5.74) is 9.32. The molecule has 0 aliphatic carbocycles. The Bertz CT molecular complexity index is 1190. The number of anilines is 1. The predicted octanol–water partition coefficient (Wildman–Crippen LogP) is 3.42. The molecule has 0 radical (unpaired) electrons. The molecule has 2 aromatic heterocycles. The molecule has 0 fully saturated rings. The summed E-state index contributed by atoms with van der Waals surface area (Å²) in [6, 6.07) is 7.52. The number of hydrogen-bond acceptors (Lipinski definition) is 8. The third-order valence-corrected chi connectivity index (χ3v) is 4.64. The molecule has 0 amide bonds. The summed E-state index contributed by atoms with van der Waals surface area (Å²) in [7, 11) is 0. The van der Waals surface area contributed by atoms with E-state index < -0.39 is 35.7 Å². The summed E-state index contributed by atoms with van der Waals surface area (Å²) in [4.78, 5) is 11.9. The molecule has 0 spiro atoms. The molecule has 0 bridgehead atoms. The molecule has 8 nitrogen and oxygen atoms in total. The number of nitrogens with two attached hydrogens (primary N) is 2. The third kappa shape index (κ3) is 5.92. The summed E-state index contributed by atoms with van der Waals surface area (Å²) in [5.74, 6) is -2.17. The highest BCUT2D eigenvalue weighted by Crippen LogP contribution is 2.28. The highest BCUT2D eigenvalue weighted by atomic mass is 19.4. The normalized spacial score (nSPS) is 14.7. The molecule has 0 saturated carbocycles. The average molecular weight is 481 g/mol. The second-order valence-electron chi connectivity index (χ2n) is 7.44. The van der Waals surface area contributed by atoms with Crippen LogP contribution in [0.15, 0.2) is 58.4 Å². The van der Waals surface area contributed by atoms with Crippen LogP contribution in [-0.2, 0) is 6.54 Å². The van der Waals surface area contributed by atoms with Crippen molar-refractivity contribution in [1.29, 1.82) is 0 Å². The molecule has 180 valence electrons. The molecule has 0 unspecified atom stereocenters. The van der Waals surface area contributed by atoms with Gasteiger partial charge in [0.2, 0.25) is 0 Å². The number of halogens is 5. The summed E-state index contributed by atoms with van der Waals surface area (Å²) in [5, 5.41) is 6.01. The Hall–Kier alpha value is -3.87. The average Bonchev–Trinajstić information content (AvgIpc) is 3.31. The number of benzene rings is 1. The van der Waals surface area contributed by atoms with Gasteiger partial charge in [-0.3, -0.25) is 4.99 Å². The maximum atomic E-state index is 14.1. The van der Waals surface area contributed by atoms with Gasteiger partial charge in [-0.25, -0.2) is 18.7 Å². The van der Waals surface area contributed by atoms with E-state index in [0.717, 1.165) is 13.1 Å². The van der Waals surface area contributed by atoms with E-state index >= 15 is 0 Å². The molecule has 0 aliphatic heterocycles. The second-order valence-corrected chi connectivity index (χ2v) is 7.44. The van der Waals surface area contributed by atoms with Crippen LogP contribution in [0.4, 0.5) is 27.8 Å². The van der Waals surface area contributed by atoms with E-state index in [1.807, 2.05) is 0 Å². The van der Waals surface area contributed by atoms with Gasteiger partial charge in [0.05, 0.1) is 24.2 Å². The molecule has 34 heavy (non-hydrogen) atoms. The summed E-state index contributed by atoms with van der Waals surface area (Å²) < 4.78 is 71.8. The lowest BCUT2D eigenvalue weighted by atomic mass is 10.0. The number of aliphatic imine (C=N–C) groups is 1. The van der Waals surface area contributed by atoms with Crippen molar-refractivity contribution in [3.8, 4) is 0 Å². The minimum absolute atomic E-state index is 0.0533. The number of allylic oxidation sites excluding steroid dienone is 1. The van der Waals surface area contributed by atoms with E-state index in [4.69, 9.17) is 16.0 Å². The molecular weight excluding hydrogens is 461 g/mol. The molecule has 0 aliphatic rings. The third-order valence-electron chi connectivity index (χ3n) is 4.64. The van der Waals surface area contributed by atoms with Gasteiger partial charge in [-0.1, -0.05) is 23.4 Å². The summed E-state index contributed by atoms with van der Waals surface area (Å²) in [6.07, 6.45) is -1.39. The summed E-state index contributed by atoms with van der Waals surface area (Å²) >= 11 is 0. The van der Waals surface area contributed by atoms with Gasteiger partial charge in [0.15, 0.2) is 17.5 Å². The zero-order chi connectivity index (χ0) is 24.9. The highest BCUT2D eigenvalue weighted by molar-refractivity contribution is 6.10. The van der Waals surface area contributed by atoms with Crippen LogP contribution in [0.5, 0.6) is 0 Å². The Labute approximate surface area is 190 Å². The Kier molecular flexibility index (Phi) is 7.25. The Morgan fingerprint density at radius 2 is 1.91 bits per heavy atom. The molecule has 3 rings (SSSR count). The maximum absolute atomic E-state index is 14.1. The highest BCUT2D eigenvalue weighted by Gasteiger charge is 2.48. The summed E-state index contributed by atoms with van der Waals surface area (Å²) in [6.45, 7) is -0.144. The first-order valence-corrected chi connectivity index (χ1v) is 9.76. The van der Waals surface area contributed by atoms with Crippen molar-refractivity contribution < 1.29 is 26.5 Å². The number of nitrogens with one attached hydrogen (secondary N) is 1. The van der Waals surface area contributed by atoms with Crippen molar-refractivity contribution in [2.24, 2.45) is 16.5 Å². The van der Waals surface area contributed by atoms with Crippen LogP contribution in [0.3, 0.4) is 0 Å². The first-order valence-electron chi connectivity index (χ1n) is 9.76. The van der Waals surface area contributed by atoms with Gasteiger partial charge in [-0.2, -0.15) is 13.2 Å². The van der Waals surface area contributed by atoms with Crippen molar-refractivity contribution in [3.63, 3.8) is 0 Å². The molecule has 13 heteroatoms. The lowest BCUT2D eigenvalue weighted by Gasteiger charge is -2.27. The van der Waals surface area contributed by atoms with Gasteiger partial charge in [0.1, 0.15) is 23.3 Å². The zero-order valence-electron chi connectivity index (χ0n) is 17.8. The van der Waals surface area contributed by atoms with E-state index in [0.29, 0.717) is 5.56 Å². The van der Waals surface area contributed by atoms with Crippen molar-refractivity contribution in [2.75, 3.05) is 11.9 Å². The van der Waals surface area contributed by atoms with Crippen LogP contribution in [0.25, 0.3) is 5.70 Å². The van der Waals surface area contributed by atoms with Crippen LogP contribution in [0.2, 0.25) is 0 Å². The van der Waals surface area contributed by atoms with Gasteiger partial charge in [-0.05, 0) is 19.1 Å². The minimum Gasteiger partial charge on any atom is -0.396 e. The Morgan fingerprint density at radius 3 is 2.56 bits per heavy atom. The largest absolute Gasteiger partial charge is 0.407 e. The number of nitrogens with zero attached hydrogens (tertiary/aromatic N) is 4. The first kappa shape index (κ1) is 24.8. The van der Waals surface area contributed by atoms with E-state index in [9.17, 15) is 22.0 Å². The molecule has 2 heterocycles. The van der Waals surface area contributed by atoms with Crippen LogP contribution >= 0.6 is 0 Å². The lowest BCUT2D eigenvalue weighted by molar-refractivity contribution is -0.176. The molecule has 5 N–H and O–H groups in total. The topological polar surface area (TPSA) is 128 Å². The predicted molar refractivity (Wildman–Crippen MR) is 114 cm³/mol.